The molecule has 1 N–H and O–H groups in total. The van der Waals surface area contributed by atoms with Crippen molar-refractivity contribution in [1.82, 2.24) is 4.90 Å². The van der Waals surface area contributed by atoms with Crippen molar-refractivity contribution in [3.63, 3.8) is 0 Å². The van der Waals surface area contributed by atoms with E-state index in [-0.39, 0.29) is 0 Å². The first-order valence-electron chi connectivity index (χ1n) is 9.73. The largest absolute Gasteiger partial charge is 0.492 e. The molecular formula is C21H34N3OPS. The molecule has 27 heavy (non-hydrogen) atoms. The summed E-state index contributed by atoms with van der Waals surface area (Å²) in [6.45, 7) is 14.7. The minimum Gasteiger partial charge on any atom is -0.492 e. The SMILES string of the molecule is C=CC(SC(=NC)Nc1ccc(OCCN2CCPCC2)cc1C)C(C)C. The summed E-state index contributed by atoms with van der Waals surface area (Å²) >= 11 is 1.72. The van der Waals surface area contributed by atoms with Crippen LogP contribution < -0.4 is 10.1 Å². The maximum atomic E-state index is 5.97. The van der Waals surface area contributed by atoms with Gasteiger partial charge in [-0.2, -0.15) is 0 Å². The van der Waals surface area contributed by atoms with Crippen molar-refractivity contribution in [2.24, 2.45) is 10.9 Å². The Kier molecular flexibility index (Phi) is 9.67. The number of nitrogens with zero attached hydrogens (tertiary/aromatic N) is 2. The van der Waals surface area contributed by atoms with Crippen molar-refractivity contribution in [1.29, 1.82) is 0 Å². The van der Waals surface area contributed by atoms with Crippen LogP contribution >= 0.6 is 20.3 Å². The van der Waals surface area contributed by atoms with Crippen molar-refractivity contribution in [2.75, 3.05) is 50.9 Å². The maximum Gasteiger partial charge on any atom is 0.161 e. The summed E-state index contributed by atoms with van der Waals surface area (Å²) in [7, 11) is 2.97. The quantitative estimate of drug-likeness (QED) is 0.293. The third-order valence-corrected chi connectivity index (χ3v) is 7.34. The van der Waals surface area contributed by atoms with Crippen molar-refractivity contribution < 1.29 is 4.74 Å². The molecule has 1 aliphatic heterocycles. The molecule has 1 aromatic rings. The summed E-state index contributed by atoms with van der Waals surface area (Å²) in [6.07, 6.45) is 4.69. The van der Waals surface area contributed by atoms with Crippen LogP contribution in [0.25, 0.3) is 0 Å². The van der Waals surface area contributed by atoms with Crippen molar-refractivity contribution in [3.05, 3.63) is 36.4 Å². The van der Waals surface area contributed by atoms with Gasteiger partial charge >= 0.3 is 0 Å². The van der Waals surface area contributed by atoms with Gasteiger partial charge in [-0.3, -0.25) is 9.89 Å². The van der Waals surface area contributed by atoms with Gasteiger partial charge < -0.3 is 10.1 Å². The second kappa shape index (κ2) is 11.7. The Labute approximate surface area is 171 Å². The molecule has 6 heteroatoms. The number of aryl methyl sites for hydroxylation is 1. The fourth-order valence-corrected chi connectivity index (χ4v) is 5.03. The molecule has 0 bridgehead atoms. The lowest BCUT2D eigenvalue weighted by atomic mass is 10.1. The van der Waals surface area contributed by atoms with E-state index in [1.165, 1.54) is 25.4 Å². The molecule has 0 aliphatic carbocycles. The number of nitrogens with one attached hydrogen (secondary N) is 1. The van der Waals surface area contributed by atoms with E-state index in [1.807, 2.05) is 19.2 Å². The van der Waals surface area contributed by atoms with Gasteiger partial charge in [0, 0.05) is 37.6 Å². The third kappa shape index (κ3) is 7.48. The first-order chi connectivity index (χ1) is 13.0. The lowest BCUT2D eigenvalue weighted by Crippen LogP contribution is -2.35. The Morgan fingerprint density at radius 2 is 2.15 bits per heavy atom. The van der Waals surface area contributed by atoms with Gasteiger partial charge in [0.25, 0.3) is 0 Å². The van der Waals surface area contributed by atoms with E-state index in [9.17, 15) is 0 Å². The van der Waals surface area contributed by atoms with E-state index in [2.05, 4.69) is 54.7 Å². The number of aliphatic imine (C=N–C) groups is 1. The fourth-order valence-electron chi connectivity index (χ4n) is 2.93. The van der Waals surface area contributed by atoms with Crippen LogP contribution in [0.5, 0.6) is 5.75 Å². The zero-order chi connectivity index (χ0) is 19.6. The Hall–Kier alpha value is -1.03. The van der Waals surface area contributed by atoms with E-state index in [0.29, 0.717) is 11.2 Å². The van der Waals surface area contributed by atoms with E-state index in [0.717, 1.165) is 43.9 Å². The van der Waals surface area contributed by atoms with Gasteiger partial charge in [-0.25, -0.2) is 0 Å². The molecule has 1 unspecified atom stereocenters. The lowest BCUT2D eigenvalue weighted by molar-refractivity contribution is 0.221. The Balaban J connectivity index is 1.88. The molecule has 1 aliphatic rings. The molecule has 4 nitrogen and oxygen atoms in total. The summed E-state index contributed by atoms with van der Waals surface area (Å²) in [6, 6.07) is 6.22. The number of rotatable bonds is 8. The molecule has 0 radical (unpaired) electrons. The molecular weight excluding hydrogens is 373 g/mol. The van der Waals surface area contributed by atoms with E-state index in [4.69, 9.17) is 4.74 Å². The highest BCUT2D eigenvalue weighted by molar-refractivity contribution is 8.14. The molecule has 1 heterocycles. The van der Waals surface area contributed by atoms with Crippen molar-refractivity contribution >= 4 is 31.2 Å². The molecule has 0 spiro atoms. The molecule has 1 atom stereocenters. The highest BCUT2D eigenvalue weighted by Crippen LogP contribution is 2.26. The molecule has 0 aromatic heterocycles. The zero-order valence-electron chi connectivity index (χ0n) is 17.1. The average Bonchev–Trinajstić information content (AvgIpc) is 2.67. The second-order valence-corrected chi connectivity index (χ2v) is 9.80. The zero-order valence-corrected chi connectivity index (χ0v) is 18.9. The van der Waals surface area contributed by atoms with Gasteiger partial charge in [-0.15, -0.1) is 15.2 Å². The molecule has 0 amide bonds. The molecule has 1 aromatic carbocycles. The summed E-state index contributed by atoms with van der Waals surface area (Å²) in [5.74, 6) is 1.45. The highest BCUT2D eigenvalue weighted by atomic mass is 32.2. The van der Waals surface area contributed by atoms with Gasteiger partial charge in [0.2, 0.25) is 0 Å². The molecule has 0 saturated carbocycles. The number of anilines is 1. The highest BCUT2D eigenvalue weighted by Gasteiger charge is 2.14. The van der Waals surface area contributed by atoms with Crippen LogP contribution in [0.3, 0.4) is 0 Å². The summed E-state index contributed by atoms with van der Waals surface area (Å²) in [5, 5.41) is 4.71. The van der Waals surface area contributed by atoms with Gasteiger partial charge in [0.05, 0.1) is 0 Å². The Morgan fingerprint density at radius 1 is 1.41 bits per heavy atom. The predicted octanol–water partition coefficient (Wildman–Crippen LogP) is 4.71. The summed E-state index contributed by atoms with van der Waals surface area (Å²) < 4.78 is 5.97. The monoisotopic (exact) mass is 407 g/mol. The van der Waals surface area contributed by atoms with Gasteiger partial charge in [-0.05, 0) is 48.9 Å². The first-order valence-corrected chi connectivity index (χ1v) is 12.0. The number of hydrogen-bond acceptors (Lipinski definition) is 4. The van der Waals surface area contributed by atoms with Crippen molar-refractivity contribution in [3.8, 4) is 5.75 Å². The average molecular weight is 408 g/mol. The molecule has 1 fully saturated rings. The van der Waals surface area contributed by atoms with Crippen molar-refractivity contribution in [2.45, 2.75) is 26.0 Å². The normalized spacial score (nSPS) is 17.0. The summed E-state index contributed by atoms with van der Waals surface area (Å²) in [5.41, 5.74) is 2.23. The smallest absolute Gasteiger partial charge is 0.161 e. The Morgan fingerprint density at radius 3 is 2.74 bits per heavy atom. The van der Waals surface area contributed by atoms with Crippen LogP contribution in [-0.2, 0) is 0 Å². The number of amidine groups is 1. The van der Waals surface area contributed by atoms with Crippen LogP contribution in [0.1, 0.15) is 19.4 Å². The maximum absolute atomic E-state index is 5.97. The number of hydrogen-bond donors (Lipinski definition) is 1. The van der Waals surface area contributed by atoms with Crippen LogP contribution in [0, 0.1) is 12.8 Å². The summed E-state index contributed by atoms with van der Waals surface area (Å²) in [4.78, 5) is 6.91. The number of benzene rings is 1. The fraction of sp³-hybridized carbons (Fsp3) is 0.571. The van der Waals surface area contributed by atoms with E-state index >= 15 is 0 Å². The second-order valence-electron chi connectivity index (χ2n) is 7.13. The number of ether oxygens (including phenoxy) is 1. The number of thioether (sulfide) groups is 1. The lowest BCUT2D eigenvalue weighted by Gasteiger charge is -2.26. The van der Waals surface area contributed by atoms with Crippen LogP contribution in [0.4, 0.5) is 5.69 Å². The Bertz CT molecular complexity index is 630. The molecule has 1 saturated heterocycles. The molecule has 2 rings (SSSR count). The van der Waals surface area contributed by atoms with Crippen LogP contribution in [0.2, 0.25) is 0 Å². The minimum atomic E-state index is 0.342. The van der Waals surface area contributed by atoms with E-state index < -0.39 is 0 Å². The molecule has 150 valence electrons. The third-order valence-electron chi connectivity index (χ3n) is 4.67. The van der Waals surface area contributed by atoms with Gasteiger partial charge in [-0.1, -0.05) is 31.7 Å². The van der Waals surface area contributed by atoms with Gasteiger partial charge in [0.1, 0.15) is 12.4 Å². The minimum absolute atomic E-state index is 0.342. The topological polar surface area (TPSA) is 36.9 Å². The van der Waals surface area contributed by atoms with Gasteiger partial charge in [0.15, 0.2) is 5.17 Å². The first kappa shape index (κ1) is 22.3. The standard InChI is InChI=1S/C21H34N3OPS/c1-6-20(16(2)3)27-21(22-5)23-19-8-7-18(15-17(19)4)25-12-9-24-10-13-26-14-11-24/h6-8,15-16,20,26H,1,9-14H2,2-5H3,(H,22,23). The van der Waals surface area contributed by atoms with Crippen LogP contribution in [-0.4, -0.2) is 60.9 Å². The predicted molar refractivity (Wildman–Crippen MR) is 125 cm³/mol. The van der Waals surface area contributed by atoms with Crippen LogP contribution in [0.15, 0.2) is 35.8 Å². The van der Waals surface area contributed by atoms with E-state index in [1.54, 1.807) is 11.8 Å².